The van der Waals surface area contributed by atoms with Crippen molar-refractivity contribution in [3.63, 3.8) is 0 Å². The van der Waals surface area contributed by atoms with Crippen LogP contribution in [-0.4, -0.2) is 58.8 Å². The van der Waals surface area contributed by atoms with E-state index in [1.165, 1.54) is 6.92 Å². The maximum absolute atomic E-state index is 12.8. The van der Waals surface area contributed by atoms with E-state index in [0.717, 1.165) is 18.4 Å². The third-order valence-corrected chi connectivity index (χ3v) is 8.20. The van der Waals surface area contributed by atoms with Crippen molar-refractivity contribution < 1.29 is 48.3 Å². The first-order valence-electron chi connectivity index (χ1n) is 8.31. The van der Waals surface area contributed by atoms with E-state index in [-0.39, 0.29) is 0 Å². The quantitative estimate of drug-likeness (QED) is 0.542. The molecular weight excluding hydrogens is 501 g/mol. The molecule has 0 aliphatic carbocycles. The Morgan fingerprint density at radius 1 is 1.06 bits per heavy atom. The van der Waals surface area contributed by atoms with Gasteiger partial charge in [0.05, 0.1) is 21.2 Å². The second kappa shape index (κ2) is 8.32. The van der Waals surface area contributed by atoms with Crippen molar-refractivity contribution in [3.05, 3.63) is 36.0 Å². The Labute approximate surface area is 180 Å². The summed E-state index contributed by atoms with van der Waals surface area (Å²) in [5, 5.41) is 11.0. The summed E-state index contributed by atoms with van der Waals surface area (Å²) in [6, 6.07) is 3.00. The minimum atomic E-state index is -5.83. The molecule has 16 heteroatoms. The number of rotatable bonds is 6. The molecule has 1 aromatic carbocycles. The summed E-state index contributed by atoms with van der Waals surface area (Å²) in [6.07, 6.45) is 0.738. The predicted octanol–water partition coefficient (Wildman–Crippen LogP) is 1.53. The number of pyridine rings is 1. The lowest BCUT2D eigenvalue weighted by Crippen LogP contribution is -2.24. The molecule has 2 aromatic rings. The highest BCUT2D eigenvalue weighted by Crippen LogP contribution is 2.34. The predicted molar refractivity (Wildman–Crippen MR) is 104 cm³/mol. The van der Waals surface area contributed by atoms with E-state index in [1.54, 1.807) is 0 Å². The highest BCUT2D eigenvalue weighted by molar-refractivity contribution is 7.92. The van der Waals surface area contributed by atoms with Crippen LogP contribution in [-0.2, 0) is 29.5 Å². The second-order valence-corrected chi connectivity index (χ2v) is 12.4. The van der Waals surface area contributed by atoms with Crippen LogP contribution in [0.5, 0.6) is 5.75 Å². The van der Waals surface area contributed by atoms with Crippen molar-refractivity contribution in [1.82, 2.24) is 4.98 Å². The molecule has 10 nitrogen and oxygen atoms in total. The Hall–Kier alpha value is -2.72. The summed E-state index contributed by atoms with van der Waals surface area (Å²) in [7, 11) is -13.9. The van der Waals surface area contributed by atoms with Gasteiger partial charge in [0.1, 0.15) is 11.4 Å². The van der Waals surface area contributed by atoms with Crippen molar-refractivity contribution in [2.75, 3.05) is 17.3 Å². The van der Waals surface area contributed by atoms with Crippen molar-refractivity contribution in [3.8, 4) is 5.75 Å². The average Bonchev–Trinajstić information content (AvgIpc) is 2.67. The van der Waals surface area contributed by atoms with E-state index in [1.807, 2.05) is 5.32 Å². The van der Waals surface area contributed by atoms with Gasteiger partial charge in [-0.25, -0.2) is 30.2 Å². The molecule has 0 aliphatic heterocycles. The molecule has 0 spiro atoms. The molecule has 2 rings (SSSR count). The van der Waals surface area contributed by atoms with Gasteiger partial charge in [0.2, 0.25) is 0 Å². The number of phenols is 1. The Morgan fingerprint density at radius 2 is 1.66 bits per heavy atom. The highest BCUT2D eigenvalue weighted by Gasteiger charge is 2.47. The Morgan fingerprint density at radius 3 is 2.16 bits per heavy atom. The van der Waals surface area contributed by atoms with Crippen LogP contribution in [0.4, 0.5) is 18.9 Å². The zero-order chi connectivity index (χ0) is 24.7. The van der Waals surface area contributed by atoms with Crippen LogP contribution in [0.2, 0.25) is 0 Å². The molecule has 0 atom stereocenters. The topological polar surface area (TPSA) is 165 Å². The van der Waals surface area contributed by atoms with Gasteiger partial charge in [-0.2, -0.15) is 13.2 Å². The fraction of sp³-hybridized carbons (Fsp3) is 0.250. The smallest absolute Gasteiger partial charge is 0.501 e. The van der Waals surface area contributed by atoms with Crippen molar-refractivity contribution >= 4 is 41.1 Å². The molecule has 0 aliphatic rings. The van der Waals surface area contributed by atoms with E-state index < -0.39 is 78.6 Å². The first kappa shape index (κ1) is 25.5. The summed E-state index contributed by atoms with van der Waals surface area (Å²) in [5.41, 5.74) is -7.40. The summed E-state index contributed by atoms with van der Waals surface area (Å²) in [4.78, 5) is 14.2. The number of hydrogen-bond acceptors (Lipinski definition) is 9. The number of hydrogen-bond donors (Lipinski definition) is 2. The molecular formula is C16H15F3N2O8S3. The standard InChI is InChI=1S/C16H15F3N2O8S3/c1-3-31(26,27)12-6-7-13(30(2,24)25)21-14(12)15(23)20-10-8-9(4-5-11(10)22)32(28,29)16(17,18)19/h4-8,22H,3H2,1-2H3,(H,20,23). The molecule has 1 aromatic heterocycles. The number of amides is 1. The molecule has 0 bridgehead atoms. The van der Waals surface area contributed by atoms with Crippen molar-refractivity contribution in [1.29, 1.82) is 0 Å². The maximum atomic E-state index is 12.8. The summed E-state index contributed by atoms with van der Waals surface area (Å²) in [5.74, 6) is -2.77. The van der Waals surface area contributed by atoms with Gasteiger partial charge in [-0.1, -0.05) is 6.92 Å². The number of phenolic OH excluding ortho intramolecular Hbond substituents is 1. The first-order chi connectivity index (χ1) is 14.4. The lowest BCUT2D eigenvalue weighted by molar-refractivity contribution is -0.0436. The third-order valence-electron chi connectivity index (χ3n) is 3.97. The molecule has 176 valence electrons. The molecule has 0 saturated carbocycles. The Bertz CT molecular complexity index is 1400. The van der Waals surface area contributed by atoms with Crippen molar-refractivity contribution in [2.24, 2.45) is 0 Å². The lowest BCUT2D eigenvalue weighted by Gasteiger charge is -2.13. The number of alkyl halides is 3. The fourth-order valence-electron chi connectivity index (χ4n) is 2.30. The molecule has 0 radical (unpaired) electrons. The SMILES string of the molecule is CCS(=O)(=O)c1ccc(S(C)(=O)=O)nc1C(=O)Nc1cc(S(=O)(=O)C(F)(F)F)ccc1O. The lowest BCUT2D eigenvalue weighted by atomic mass is 10.2. The number of sulfone groups is 3. The van der Waals surface area contributed by atoms with Gasteiger partial charge in [0, 0.05) is 6.26 Å². The van der Waals surface area contributed by atoms with Crippen LogP contribution < -0.4 is 5.32 Å². The number of anilines is 1. The fourth-order valence-corrected chi connectivity index (χ4v) is 4.68. The van der Waals surface area contributed by atoms with E-state index in [0.29, 0.717) is 18.2 Å². The normalized spacial score (nSPS) is 13.0. The van der Waals surface area contributed by atoms with E-state index in [2.05, 4.69) is 4.98 Å². The number of carbonyl (C=O) groups is 1. The van der Waals surface area contributed by atoms with Gasteiger partial charge in [-0.15, -0.1) is 0 Å². The van der Waals surface area contributed by atoms with Crippen LogP contribution in [0.3, 0.4) is 0 Å². The number of aromatic hydroxyl groups is 1. The van der Waals surface area contributed by atoms with Gasteiger partial charge in [-0.3, -0.25) is 4.79 Å². The monoisotopic (exact) mass is 516 g/mol. The van der Waals surface area contributed by atoms with Crippen LogP contribution in [0, 0.1) is 0 Å². The number of halogens is 3. The summed E-state index contributed by atoms with van der Waals surface area (Å²) >= 11 is 0. The van der Waals surface area contributed by atoms with Crippen LogP contribution in [0.15, 0.2) is 45.1 Å². The molecule has 1 amide bonds. The summed E-state index contributed by atoms with van der Waals surface area (Å²) < 4.78 is 110. The second-order valence-electron chi connectivity index (χ2n) is 6.25. The van der Waals surface area contributed by atoms with Crippen molar-refractivity contribution in [2.45, 2.75) is 27.2 Å². The van der Waals surface area contributed by atoms with Gasteiger partial charge in [-0.05, 0) is 30.3 Å². The molecule has 0 saturated heterocycles. The highest BCUT2D eigenvalue weighted by atomic mass is 32.2. The zero-order valence-corrected chi connectivity index (χ0v) is 18.7. The summed E-state index contributed by atoms with van der Waals surface area (Å²) in [6.45, 7) is 1.23. The van der Waals surface area contributed by atoms with Crippen LogP contribution in [0.1, 0.15) is 17.4 Å². The largest absolute Gasteiger partial charge is 0.506 e. The van der Waals surface area contributed by atoms with Crippen LogP contribution >= 0.6 is 0 Å². The number of nitrogens with zero attached hydrogens (tertiary/aromatic N) is 1. The maximum Gasteiger partial charge on any atom is 0.501 e. The Kier molecular flexibility index (Phi) is 6.64. The zero-order valence-electron chi connectivity index (χ0n) is 16.2. The minimum absolute atomic E-state index is 0.310. The molecule has 32 heavy (non-hydrogen) atoms. The molecule has 2 N–H and O–H groups in total. The number of benzene rings is 1. The molecule has 1 heterocycles. The van der Waals surface area contributed by atoms with E-state index in [9.17, 15) is 48.3 Å². The van der Waals surface area contributed by atoms with Gasteiger partial charge < -0.3 is 10.4 Å². The number of aromatic nitrogens is 1. The average molecular weight is 516 g/mol. The Balaban J connectivity index is 2.64. The first-order valence-corrected chi connectivity index (χ1v) is 13.3. The number of carbonyl (C=O) groups excluding carboxylic acids is 1. The van der Waals surface area contributed by atoms with E-state index in [4.69, 9.17) is 0 Å². The van der Waals surface area contributed by atoms with Gasteiger partial charge >= 0.3 is 5.51 Å². The van der Waals surface area contributed by atoms with Gasteiger partial charge in [0.25, 0.3) is 15.7 Å². The number of nitrogens with one attached hydrogen (secondary N) is 1. The minimum Gasteiger partial charge on any atom is -0.506 e. The van der Waals surface area contributed by atoms with Gasteiger partial charge in [0.15, 0.2) is 24.7 Å². The molecule has 0 fully saturated rings. The third kappa shape index (κ3) is 5.02. The van der Waals surface area contributed by atoms with Crippen LogP contribution in [0.25, 0.3) is 0 Å². The van der Waals surface area contributed by atoms with E-state index >= 15 is 0 Å². The molecule has 0 unspecified atom stereocenters.